The van der Waals surface area contributed by atoms with Crippen LogP contribution in [0.1, 0.15) is 0 Å². The van der Waals surface area contributed by atoms with Gasteiger partial charge in [0.2, 0.25) is 5.96 Å². The highest BCUT2D eigenvalue weighted by molar-refractivity contribution is 5.85. The molecular weight excluding hydrogens is 404 g/mol. The standard InChI is InChI=1S/C3H5N7.C2H6N10.N2.H3NO3.H2O/c4-2-6-10-8-3-1-5-9-7-3;3-1(4)12(5)11-8-2-6-9-10-7-2;1-2;2-1-4-3;/h2H,1H2,(H2,4,5,6,7,8);5H2,(H3,3,4)(H,6,7,9,10);;1-3H;1H2. The molecular formula is C5H16N20O4. The number of hydrazine groups is 1. The lowest BCUT2D eigenvalue weighted by atomic mass is 10.6. The Hall–Kier alpha value is -4.54. The molecule has 0 amide bonds. The van der Waals surface area contributed by atoms with Gasteiger partial charge in [-0.1, -0.05) is 10.2 Å². The molecule has 0 saturated heterocycles. The minimum Gasteiger partial charge on any atom is -0.412 e. The third kappa shape index (κ3) is 18.1. The van der Waals surface area contributed by atoms with Crippen LogP contribution in [0.25, 0.3) is 0 Å². The molecule has 0 bridgehead atoms. The second-order valence-electron chi connectivity index (χ2n) is 3.17. The SMILES string of the molecule is N#N.N/C=N\N=NC1=NN=NC1.N=C(N)N(N)N=Nc1nn[nH]n1.O.ONOO. The van der Waals surface area contributed by atoms with Gasteiger partial charge < -0.3 is 16.9 Å². The Bertz CT molecular complexity index is 672. The van der Waals surface area contributed by atoms with E-state index in [4.69, 9.17) is 44.0 Å². The first-order chi connectivity index (χ1) is 13.5. The molecule has 1 aromatic rings. The van der Waals surface area contributed by atoms with Crippen LogP contribution in [0, 0.1) is 16.2 Å². The topological polar surface area (TPSA) is 399 Å². The van der Waals surface area contributed by atoms with Gasteiger partial charge in [0.05, 0.1) is 0 Å². The number of H-pyrrole nitrogens is 1. The van der Waals surface area contributed by atoms with Crippen molar-refractivity contribution in [1.82, 2.24) is 31.4 Å². The van der Waals surface area contributed by atoms with Gasteiger partial charge in [0.1, 0.15) is 12.9 Å². The Morgan fingerprint density at radius 2 is 2.07 bits per heavy atom. The Morgan fingerprint density at radius 1 is 1.41 bits per heavy atom. The molecule has 1 aromatic heterocycles. The van der Waals surface area contributed by atoms with Gasteiger partial charge in [-0.05, 0) is 26.5 Å². The number of aromatic amines is 1. The molecule has 1 aliphatic heterocycles. The van der Waals surface area contributed by atoms with Crippen molar-refractivity contribution >= 4 is 24.1 Å². The lowest BCUT2D eigenvalue weighted by Gasteiger charge is -2.04. The number of amidine groups is 1. The van der Waals surface area contributed by atoms with Crippen LogP contribution in [0.15, 0.2) is 41.2 Å². The third-order valence-electron chi connectivity index (χ3n) is 1.57. The minimum absolute atomic E-state index is 0. The maximum atomic E-state index is 7.15. The van der Waals surface area contributed by atoms with Crippen LogP contribution in [0.4, 0.5) is 5.95 Å². The van der Waals surface area contributed by atoms with Crippen molar-refractivity contribution in [2.45, 2.75) is 0 Å². The van der Waals surface area contributed by atoms with E-state index in [-0.39, 0.29) is 11.4 Å². The Kier molecular flexibility index (Phi) is 21.7. The minimum atomic E-state index is -0.442. The molecule has 0 aliphatic carbocycles. The van der Waals surface area contributed by atoms with Crippen LogP contribution < -0.4 is 23.0 Å². The molecule has 24 heteroatoms. The van der Waals surface area contributed by atoms with Crippen molar-refractivity contribution < 1.29 is 20.9 Å². The summed E-state index contributed by atoms with van der Waals surface area (Å²) < 4.78 is 0. The molecule has 0 fully saturated rings. The van der Waals surface area contributed by atoms with Crippen LogP contribution in [0.2, 0.25) is 0 Å². The molecule has 29 heavy (non-hydrogen) atoms. The zero-order chi connectivity index (χ0) is 21.6. The van der Waals surface area contributed by atoms with E-state index in [0.29, 0.717) is 17.5 Å². The van der Waals surface area contributed by atoms with Crippen molar-refractivity contribution in [2.24, 2.45) is 58.5 Å². The summed E-state index contributed by atoms with van der Waals surface area (Å²) in [5.41, 5.74) is 10.8. The monoisotopic (exact) mass is 420 g/mol. The van der Waals surface area contributed by atoms with Crippen molar-refractivity contribution in [3.63, 3.8) is 0 Å². The number of hydrogen-bond acceptors (Lipinski definition) is 18. The first kappa shape index (κ1) is 29.2. The number of aromatic nitrogens is 4. The number of guanidine groups is 1. The van der Waals surface area contributed by atoms with Crippen molar-refractivity contribution in [1.29, 1.82) is 16.2 Å². The third-order valence-corrected chi connectivity index (χ3v) is 1.57. The number of nitrogens with zero attached hydrogens (tertiary/aromatic N) is 14. The summed E-state index contributed by atoms with van der Waals surface area (Å²) >= 11 is 0. The Balaban J connectivity index is -0.000000361. The van der Waals surface area contributed by atoms with Gasteiger partial charge >= 0.3 is 5.95 Å². The van der Waals surface area contributed by atoms with E-state index in [9.17, 15) is 0 Å². The first-order valence-electron chi connectivity index (χ1n) is 6.06. The highest BCUT2D eigenvalue weighted by atomic mass is 17.2. The normalized spacial score (nSPS) is 11.4. The summed E-state index contributed by atoms with van der Waals surface area (Å²) in [6, 6.07) is 0. The smallest absolute Gasteiger partial charge is 0.309 e. The van der Waals surface area contributed by atoms with E-state index >= 15 is 0 Å². The number of nitrogens with one attached hydrogen (secondary N) is 3. The van der Waals surface area contributed by atoms with E-state index in [2.05, 4.69) is 66.8 Å². The van der Waals surface area contributed by atoms with Crippen molar-refractivity contribution in [3.8, 4) is 0 Å². The predicted octanol–water partition coefficient (Wildman–Crippen LogP) is -3.04. The quantitative estimate of drug-likeness (QED) is 0.0457. The molecule has 0 aromatic carbocycles. The molecule has 13 N–H and O–H groups in total. The van der Waals surface area contributed by atoms with Gasteiger partial charge in [0, 0.05) is 10.8 Å². The molecule has 0 saturated carbocycles. The summed E-state index contributed by atoms with van der Waals surface area (Å²) in [6.45, 7) is 0.365. The highest BCUT2D eigenvalue weighted by Gasteiger charge is 1.99. The lowest BCUT2D eigenvalue weighted by molar-refractivity contribution is -0.356. The Morgan fingerprint density at radius 3 is 2.48 bits per heavy atom. The number of hydrogen-bond donors (Lipinski definition) is 8. The van der Waals surface area contributed by atoms with E-state index in [0.717, 1.165) is 12.0 Å². The van der Waals surface area contributed by atoms with Gasteiger partial charge in [-0.3, -0.25) is 10.6 Å². The van der Waals surface area contributed by atoms with Crippen LogP contribution in [-0.4, -0.2) is 66.4 Å². The summed E-state index contributed by atoms with van der Waals surface area (Å²) in [5, 5.41) is 72.9. The number of rotatable bonds is 4. The molecule has 160 valence electrons. The van der Waals surface area contributed by atoms with Crippen LogP contribution in [0.3, 0.4) is 0 Å². The van der Waals surface area contributed by atoms with Gasteiger partial charge in [-0.2, -0.15) is 10.3 Å². The number of tetrazole rings is 1. The summed E-state index contributed by atoms with van der Waals surface area (Å²) in [4.78, 5) is 2.85. The fourth-order valence-electron chi connectivity index (χ4n) is 0.704. The maximum Gasteiger partial charge on any atom is 0.309 e. The van der Waals surface area contributed by atoms with E-state index in [1.807, 2.05) is 0 Å². The fourth-order valence-corrected chi connectivity index (χ4v) is 0.704. The first-order valence-corrected chi connectivity index (χ1v) is 6.06. The molecule has 2 heterocycles. The number of nitrogens with two attached hydrogens (primary N) is 3. The summed E-state index contributed by atoms with van der Waals surface area (Å²) in [6.07, 6.45) is 1.04. The summed E-state index contributed by atoms with van der Waals surface area (Å²) in [7, 11) is 0. The second-order valence-corrected chi connectivity index (χ2v) is 3.17. The molecule has 1 aliphatic rings. The average Bonchev–Trinajstić information content (AvgIpc) is 3.42. The largest absolute Gasteiger partial charge is 0.412 e. The average molecular weight is 420 g/mol. The second kappa shape index (κ2) is 21.5. The zero-order valence-corrected chi connectivity index (χ0v) is 14.1. The van der Waals surface area contributed by atoms with E-state index in [1.54, 1.807) is 0 Å². The van der Waals surface area contributed by atoms with Gasteiger partial charge in [-0.25, -0.2) is 11.1 Å². The van der Waals surface area contributed by atoms with Crippen LogP contribution >= 0.6 is 0 Å². The lowest BCUT2D eigenvalue weighted by Crippen LogP contribution is -2.37. The van der Waals surface area contributed by atoms with Crippen LogP contribution in [0.5, 0.6) is 0 Å². The molecule has 0 unspecified atom stereocenters. The van der Waals surface area contributed by atoms with Crippen molar-refractivity contribution in [3.05, 3.63) is 0 Å². The fraction of sp³-hybridized carbons (Fsp3) is 0.200. The molecule has 2 rings (SSSR count). The molecule has 24 nitrogen and oxygen atoms in total. The zero-order valence-electron chi connectivity index (χ0n) is 14.1. The van der Waals surface area contributed by atoms with Crippen LogP contribution in [-0.2, 0) is 4.99 Å². The van der Waals surface area contributed by atoms with E-state index in [1.165, 1.54) is 0 Å². The van der Waals surface area contributed by atoms with E-state index < -0.39 is 5.96 Å². The molecule has 0 spiro atoms. The van der Waals surface area contributed by atoms with Gasteiger partial charge in [0.15, 0.2) is 5.84 Å². The van der Waals surface area contributed by atoms with Gasteiger partial charge in [-0.15, -0.1) is 30.5 Å². The van der Waals surface area contributed by atoms with Crippen molar-refractivity contribution in [2.75, 3.05) is 6.54 Å². The highest BCUT2D eigenvalue weighted by Crippen LogP contribution is 1.97. The molecule has 0 atom stereocenters. The summed E-state index contributed by atoms with van der Waals surface area (Å²) in [5.74, 6) is 5.07. The maximum absolute atomic E-state index is 7.15. The molecule has 0 radical (unpaired) electrons. The predicted molar refractivity (Wildman–Crippen MR) is 87.0 cm³/mol. The van der Waals surface area contributed by atoms with Gasteiger partial charge in [0.25, 0.3) is 0 Å². The Labute approximate surface area is 158 Å².